The van der Waals surface area contributed by atoms with E-state index in [1.165, 1.54) is 0 Å². The van der Waals surface area contributed by atoms with Crippen LogP contribution in [0, 0.1) is 6.92 Å². The summed E-state index contributed by atoms with van der Waals surface area (Å²) in [7, 11) is 0. The summed E-state index contributed by atoms with van der Waals surface area (Å²) >= 11 is 0. The van der Waals surface area contributed by atoms with Crippen LogP contribution >= 0.6 is 0 Å². The molecule has 2 aliphatic heterocycles. The summed E-state index contributed by atoms with van der Waals surface area (Å²) in [6, 6.07) is 15.7. The molecule has 4 rings (SSSR count). The SMILES string of the molecule is Cc1cccc(NC(=O)CN2CCC(NCC(O)C3COc4ccccc4O3)CC2)c1. The highest BCUT2D eigenvalue weighted by atomic mass is 16.6. The van der Waals surface area contributed by atoms with E-state index in [1.54, 1.807) is 0 Å². The van der Waals surface area contributed by atoms with Gasteiger partial charge in [-0.3, -0.25) is 9.69 Å². The van der Waals surface area contributed by atoms with Gasteiger partial charge in [0.2, 0.25) is 5.91 Å². The Morgan fingerprint density at radius 3 is 2.71 bits per heavy atom. The number of fused-ring (bicyclic) bond motifs is 1. The maximum Gasteiger partial charge on any atom is 0.238 e. The number of piperidine rings is 1. The predicted molar refractivity (Wildman–Crippen MR) is 120 cm³/mol. The number of nitrogens with zero attached hydrogens (tertiary/aromatic N) is 1. The molecule has 31 heavy (non-hydrogen) atoms. The van der Waals surface area contributed by atoms with Crippen molar-refractivity contribution in [1.82, 2.24) is 10.2 Å². The fourth-order valence-corrected chi connectivity index (χ4v) is 4.07. The molecule has 0 radical (unpaired) electrons. The van der Waals surface area contributed by atoms with Gasteiger partial charge in [0, 0.05) is 31.4 Å². The molecular weight excluding hydrogens is 394 g/mol. The fourth-order valence-electron chi connectivity index (χ4n) is 4.07. The number of carbonyl (C=O) groups excluding carboxylic acids is 1. The number of hydrogen-bond acceptors (Lipinski definition) is 6. The Hall–Kier alpha value is -2.61. The Bertz CT molecular complexity index is 883. The third-order valence-electron chi connectivity index (χ3n) is 5.83. The van der Waals surface area contributed by atoms with Crippen molar-refractivity contribution < 1.29 is 19.4 Å². The van der Waals surface area contributed by atoms with Crippen LogP contribution in [0.4, 0.5) is 5.69 Å². The first-order chi connectivity index (χ1) is 15.1. The quantitative estimate of drug-likeness (QED) is 0.631. The van der Waals surface area contributed by atoms with Crippen molar-refractivity contribution in [1.29, 1.82) is 0 Å². The Labute approximate surface area is 183 Å². The summed E-state index contributed by atoms with van der Waals surface area (Å²) in [5, 5.41) is 16.9. The van der Waals surface area contributed by atoms with E-state index in [9.17, 15) is 9.90 Å². The molecular formula is C24H31N3O4. The van der Waals surface area contributed by atoms with E-state index in [4.69, 9.17) is 9.47 Å². The average molecular weight is 426 g/mol. The van der Waals surface area contributed by atoms with Gasteiger partial charge in [-0.05, 0) is 49.6 Å². The molecule has 166 valence electrons. The van der Waals surface area contributed by atoms with Crippen LogP contribution in [0.3, 0.4) is 0 Å². The van der Waals surface area contributed by atoms with E-state index >= 15 is 0 Å². The minimum atomic E-state index is -0.647. The number of para-hydroxylation sites is 2. The molecule has 1 amide bonds. The third-order valence-corrected chi connectivity index (χ3v) is 5.83. The summed E-state index contributed by atoms with van der Waals surface area (Å²) in [4.78, 5) is 14.5. The second-order valence-electron chi connectivity index (χ2n) is 8.36. The van der Waals surface area contributed by atoms with Crippen molar-refractivity contribution >= 4 is 11.6 Å². The number of aryl methyl sites for hydroxylation is 1. The number of nitrogens with one attached hydrogen (secondary N) is 2. The molecule has 0 aromatic heterocycles. The zero-order valence-corrected chi connectivity index (χ0v) is 17.9. The molecule has 1 fully saturated rings. The van der Waals surface area contributed by atoms with Crippen LogP contribution in [0.5, 0.6) is 11.5 Å². The molecule has 2 unspecified atom stereocenters. The summed E-state index contributed by atoms with van der Waals surface area (Å²) in [6.07, 6.45) is 0.851. The Kier molecular flexibility index (Phi) is 7.06. The highest BCUT2D eigenvalue weighted by Gasteiger charge is 2.28. The van der Waals surface area contributed by atoms with Crippen molar-refractivity contribution in [2.45, 2.75) is 38.0 Å². The zero-order valence-electron chi connectivity index (χ0n) is 17.9. The minimum Gasteiger partial charge on any atom is -0.486 e. The highest BCUT2D eigenvalue weighted by Crippen LogP contribution is 2.31. The van der Waals surface area contributed by atoms with Gasteiger partial charge < -0.3 is 25.2 Å². The lowest BCUT2D eigenvalue weighted by molar-refractivity contribution is -0.117. The van der Waals surface area contributed by atoms with Crippen LogP contribution in [0.25, 0.3) is 0 Å². The van der Waals surface area contributed by atoms with Crippen molar-refractivity contribution in [3.05, 3.63) is 54.1 Å². The number of amides is 1. The van der Waals surface area contributed by atoms with Gasteiger partial charge in [-0.15, -0.1) is 0 Å². The van der Waals surface area contributed by atoms with E-state index in [2.05, 4.69) is 15.5 Å². The van der Waals surface area contributed by atoms with Crippen LogP contribution < -0.4 is 20.1 Å². The predicted octanol–water partition coefficient (Wildman–Crippen LogP) is 2.19. The van der Waals surface area contributed by atoms with Crippen LogP contribution in [-0.4, -0.2) is 66.9 Å². The van der Waals surface area contributed by atoms with E-state index in [0.29, 0.717) is 31.5 Å². The number of ether oxygens (including phenoxy) is 2. The summed E-state index contributed by atoms with van der Waals surface area (Å²) in [6.45, 7) is 4.91. The van der Waals surface area contributed by atoms with Gasteiger partial charge in [-0.25, -0.2) is 0 Å². The van der Waals surface area contributed by atoms with Crippen LogP contribution in [0.2, 0.25) is 0 Å². The maximum atomic E-state index is 12.3. The lowest BCUT2D eigenvalue weighted by Gasteiger charge is -2.34. The number of anilines is 1. The summed E-state index contributed by atoms with van der Waals surface area (Å²) in [5.41, 5.74) is 1.97. The topological polar surface area (TPSA) is 83.1 Å². The average Bonchev–Trinajstić information content (AvgIpc) is 2.78. The molecule has 2 aromatic carbocycles. The summed E-state index contributed by atoms with van der Waals surface area (Å²) in [5.74, 6) is 1.41. The molecule has 2 aromatic rings. The molecule has 2 atom stereocenters. The zero-order chi connectivity index (χ0) is 21.6. The maximum absolute atomic E-state index is 12.3. The van der Waals surface area contributed by atoms with E-state index in [-0.39, 0.29) is 12.0 Å². The molecule has 0 spiro atoms. The fraction of sp³-hybridized carbons (Fsp3) is 0.458. The van der Waals surface area contributed by atoms with Crippen molar-refractivity contribution in [3.63, 3.8) is 0 Å². The normalized spacial score (nSPS) is 20.3. The van der Waals surface area contributed by atoms with E-state index in [0.717, 1.165) is 42.9 Å². The first-order valence-electron chi connectivity index (χ1n) is 11.0. The van der Waals surface area contributed by atoms with Gasteiger partial charge in [-0.2, -0.15) is 0 Å². The van der Waals surface area contributed by atoms with Crippen LogP contribution in [-0.2, 0) is 4.79 Å². The van der Waals surface area contributed by atoms with E-state index < -0.39 is 6.10 Å². The first kappa shape index (κ1) is 21.6. The van der Waals surface area contributed by atoms with Gasteiger partial charge in [0.15, 0.2) is 17.6 Å². The smallest absolute Gasteiger partial charge is 0.238 e. The van der Waals surface area contributed by atoms with Crippen molar-refractivity contribution in [2.24, 2.45) is 0 Å². The molecule has 7 heteroatoms. The minimum absolute atomic E-state index is 0.0159. The monoisotopic (exact) mass is 425 g/mol. The Morgan fingerprint density at radius 1 is 1.16 bits per heavy atom. The standard InChI is InChI=1S/C24H31N3O4/c1-17-5-4-6-19(13-17)26-24(29)15-27-11-9-18(10-12-27)25-14-20(28)23-16-30-21-7-2-3-8-22(21)31-23/h2-8,13,18,20,23,25,28H,9-12,14-16H2,1H3,(H,26,29). The molecule has 2 heterocycles. The molecule has 0 saturated carbocycles. The largest absolute Gasteiger partial charge is 0.486 e. The van der Waals surface area contributed by atoms with Crippen molar-refractivity contribution in [3.8, 4) is 11.5 Å². The third kappa shape index (κ3) is 5.97. The second-order valence-corrected chi connectivity index (χ2v) is 8.36. The molecule has 0 aliphatic carbocycles. The highest BCUT2D eigenvalue weighted by molar-refractivity contribution is 5.92. The van der Waals surface area contributed by atoms with Crippen LogP contribution in [0.1, 0.15) is 18.4 Å². The molecule has 3 N–H and O–H groups in total. The number of aliphatic hydroxyl groups excluding tert-OH is 1. The number of benzene rings is 2. The number of aliphatic hydroxyl groups is 1. The lowest BCUT2D eigenvalue weighted by atomic mass is 10.0. The molecule has 2 aliphatic rings. The van der Waals surface area contributed by atoms with E-state index in [1.807, 2.05) is 55.5 Å². The van der Waals surface area contributed by atoms with Gasteiger partial charge in [0.1, 0.15) is 12.7 Å². The van der Waals surface area contributed by atoms with Gasteiger partial charge in [0.25, 0.3) is 0 Å². The lowest BCUT2D eigenvalue weighted by Crippen LogP contribution is -2.50. The first-order valence-corrected chi connectivity index (χ1v) is 11.0. The molecule has 7 nitrogen and oxygen atoms in total. The number of hydrogen-bond donors (Lipinski definition) is 3. The summed E-state index contributed by atoms with van der Waals surface area (Å²) < 4.78 is 11.6. The van der Waals surface area contributed by atoms with Gasteiger partial charge in [0.05, 0.1) is 6.54 Å². The Balaban J connectivity index is 1.15. The number of likely N-dealkylation sites (tertiary alicyclic amines) is 1. The Morgan fingerprint density at radius 2 is 1.94 bits per heavy atom. The van der Waals surface area contributed by atoms with Crippen LogP contribution in [0.15, 0.2) is 48.5 Å². The van der Waals surface area contributed by atoms with Gasteiger partial charge in [-0.1, -0.05) is 24.3 Å². The number of carbonyl (C=O) groups is 1. The second kappa shape index (κ2) is 10.1. The molecule has 0 bridgehead atoms. The van der Waals surface area contributed by atoms with Gasteiger partial charge >= 0.3 is 0 Å². The number of rotatable bonds is 7. The van der Waals surface area contributed by atoms with Crippen molar-refractivity contribution in [2.75, 3.05) is 38.1 Å². The molecule has 1 saturated heterocycles.